The van der Waals surface area contributed by atoms with Crippen LogP contribution in [0.5, 0.6) is 0 Å². The van der Waals surface area contributed by atoms with Crippen molar-refractivity contribution in [2.24, 2.45) is 0 Å². The molecule has 1 aliphatic rings. The molecule has 0 spiro atoms. The number of nitrogen functional groups attached to an aromatic ring is 1. The van der Waals surface area contributed by atoms with E-state index in [-0.39, 0.29) is 0 Å². The van der Waals surface area contributed by atoms with Gasteiger partial charge in [-0.3, -0.25) is 0 Å². The zero-order chi connectivity index (χ0) is 19.1. The number of aryl methyl sites for hydroxylation is 1. The number of thiazole rings is 1. The largest absolute Gasteiger partial charge is 0.384 e. The highest BCUT2D eigenvalue weighted by Gasteiger charge is 2.21. The minimum Gasteiger partial charge on any atom is -0.384 e. The smallest absolute Gasteiger partial charge is 0.166 e. The lowest BCUT2D eigenvalue weighted by Crippen LogP contribution is -2.10. The van der Waals surface area contributed by atoms with Crippen LogP contribution in [0.25, 0.3) is 26.7 Å². The summed E-state index contributed by atoms with van der Waals surface area (Å²) in [5.74, 6) is 1.16. The molecule has 3 heterocycles. The number of hydrogen-bond donors (Lipinski definition) is 1. The third-order valence-corrected chi connectivity index (χ3v) is 6.84. The number of nitrogens with zero attached hydrogens (tertiary/aromatic N) is 4. The summed E-state index contributed by atoms with van der Waals surface area (Å²) in [6, 6.07) is 12.3. The van der Waals surface area contributed by atoms with Crippen molar-refractivity contribution < 1.29 is 0 Å². The van der Waals surface area contributed by atoms with Crippen LogP contribution in [0.1, 0.15) is 49.4 Å². The standard InChI is InChI=1S/C22H23N5S/c1-14-20(28-22(25-14)16-10-6-3-7-11-16)17-13-24-27-19(23)12-18(26-21(17)27)15-8-4-2-5-9-15/h3,6-7,10-13,15H,2,4-5,8-9,23H2,1H3. The van der Waals surface area contributed by atoms with E-state index in [1.54, 1.807) is 15.9 Å². The molecule has 1 aliphatic carbocycles. The second kappa shape index (κ2) is 7.02. The molecule has 0 saturated heterocycles. The molecule has 2 N–H and O–H groups in total. The van der Waals surface area contributed by atoms with E-state index in [0.717, 1.165) is 38.0 Å². The van der Waals surface area contributed by atoms with Crippen molar-refractivity contribution in [2.45, 2.75) is 44.9 Å². The van der Waals surface area contributed by atoms with E-state index >= 15 is 0 Å². The molecule has 3 aromatic heterocycles. The Balaban J connectivity index is 1.61. The fourth-order valence-corrected chi connectivity index (χ4v) is 5.20. The van der Waals surface area contributed by atoms with Gasteiger partial charge < -0.3 is 5.73 Å². The van der Waals surface area contributed by atoms with Crippen molar-refractivity contribution in [3.8, 4) is 21.0 Å². The molecule has 5 nitrogen and oxygen atoms in total. The maximum absolute atomic E-state index is 6.34. The Kier molecular flexibility index (Phi) is 4.36. The second-order valence-corrected chi connectivity index (χ2v) is 8.53. The molecule has 6 heteroatoms. The first kappa shape index (κ1) is 17.4. The first-order valence-corrected chi connectivity index (χ1v) is 10.7. The molecule has 4 aromatic rings. The maximum atomic E-state index is 6.34. The molecule has 1 saturated carbocycles. The fourth-order valence-electron chi connectivity index (χ4n) is 4.12. The van der Waals surface area contributed by atoms with Gasteiger partial charge in [-0.2, -0.15) is 9.61 Å². The SMILES string of the molecule is Cc1nc(-c2ccccc2)sc1-c1cnn2c(N)cc(C3CCCCC3)nc12. The van der Waals surface area contributed by atoms with Crippen molar-refractivity contribution in [3.05, 3.63) is 54.0 Å². The van der Waals surface area contributed by atoms with E-state index in [9.17, 15) is 0 Å². The Morgan fingerprint density at radius 2 is 1.86 bits per heavy atom. The number of hydrogen-bond acceptors (Lipinski definition) is 5. The molecule has 0 aliphatic heterocycles. The van der Waals surface area contributed by atoms with Crippen LogP contribution in [0.2, 0.25) is 0 Å². The minimum atomic E-state index is 0.506. The quantitative estimate of drug-likeness (QED) is 0.505. The summed E-state index contributed by atoms with van der Waals surface area (Å²) in [7, 11) is 0. The van der Waals surface area contributed by atoms with Gasteiger partial charge in [-0.1, -0.05) is 49.6 Å². The fraction of sp³-hybridized carbons (Fsp3) is 0.318. The number of nitrogens with two attached hydrogens (primary N) is 1. The molecule has 0 bridgehead atoms. The van der Waals surface area contributed by atoms with E-state index in [2.05, 4.69) is 24.2 Å². The molecule has 0 unspecified atom stereocenters. The minimum absolute atomic E-state index is 0.506. The van der Waals surface area contributed by atoms with Gasteiger partial charge >= 0.3 is 0 Å². The molecule has 0 amide bonds. The lowest BCUT2D eigenvalue weighted by molar-refractivity contribution is 0.437. The normalized spacial score (nSPS) is 15.3. The predicted octanol–water partition coefficient (Wildman–Crippen LogP) is 5.46. The highest BCUT2D eigenvalue weighted by atomic mass is 32.1. The molecule has 142 valence electrons. The summed E-state index contributed by atoms with van der Waals surface area (Å²) in [5, 5.41) is 5.53. The van der Waals surface area contributed by atoms with Crippen molar-refractivity contribution in [3.63, 3.8) is 0 Å². The molecule has 1 aromatic carbocycles. The summed E-state index contributed by atoms with van der Waals surface area (Å²) in [6.07, 6.45) is 8.15. The zero-order valence-corrected chi connectivity index (χ0v) is 16.7. The lowest BCUT2D eigenvalue weighted by Gasteiger charge is -2.21. The number of anilines is 1. The number of fused-ring (bicyclic) bond motifs is 1. The molecule has 0 radical (unpaired) electrons. The van der Waals surface area contributed by atoms with E-state index in [1.807, 2.05) is 30.5 Å². The average Bonchev–Trinajstić information content (AvgIpc) is 3.33. The van der Waals surface area contributed by atoms with Gasteiger partial charge in [0, 0.05) is 23.2 Å². The van der Waals surface area contributed by atoms with Crippen LogP contribution in [0, 0.1) is 6.92 Å². The van der Waals surface area contributed by atoms with Gasteiger partial charge in [0.15, 0.2) is 5.65 Å². The van der Waals surface area contributed by atoms with Crippen LogP contribution in [0.15, 0.2) is 42.6 Å². The first-order valence-electron chi connectivity index (χ1n) is 9.88. The van der Waals surface area contributed by atoms with Crippen molar-refractivity contribution in [2.75, 3.05) is 5.73 Å². The van der Waals surface area contributed by atoms with Crippen LogP contribution in [-0.4, -0.2) is 19.6 Å². The van der Waals surface area contributed by atoms with Gasteiger partial charge in [-0.25, -0.2) is 9.97 Å². The van der Waals surface area contributed by atoms with Gasteiger partial charge in [0.1, 0.15) is 10.8 Å². The third-order valence-electron chi connectivity index (χ3n) is 5.60. The Bertz CT molecular complexity index is 1120. The summed E-state index contributed by atoms with van der Waals surface area (Å²) in [6.45, 7) is 2.05. The Hall–Kier alpha value is -2.73. The number of rotatable bonds is 3. The van der Waals surface area contributed by atoms with Gasteiger partial charge in [-0.05, 0) is 19.8 Å². The van der Waals surface area contributed by atoms with Gasteiger partial charge in [0.05, 0.1) is 22.3 Å². The topological polar surface area (TPSA) is 69.1 Å². The van der Waals surface area contributed by atoms with E-state index in [1.165, 1.54) is 32.1 Å². The first-order chi connectivity index (χ1) is 13.7. The van der Waals surface area contributed by atoms with Crippen molar-refractivity contribution in [1.82, 2.24) is 19.6 Å². The molecule has 1 fully saturated rings. The maximum Gasteiger partial charge on any atom is 0.166 e. The second-order valence-electron chi connectivity index (χ2n) is 7.53. The number of aromatic nitrogens is 4. The van der Waals surface area contributed by atoms with Gasteiger partial charge in [0.25, 0.3) is 0 Å². The van der Waals surface area contributed by atoms with Crippen LogP contribution in [0.4, 0.5) is 5.82 Å². The average molecular weight is 390 g/mol. The summed E-state index contributed by atoms with van der Waals surface area (Å²) in [4.78, 5) is 10.9. The van der Waals surface area contributed by atoms with Crippen LogP contribution >= 0.6 is 11.3 Å². The monoisotopic (exact) mass is 389 g/mol. The molecule has 28 heavy (non-hydrogen) atoms. The van der Waals surface area contributed by atoms with Crippen LogP contribution in [0.3, 0.4) is 0 Å². The van der Waals surface area contributed by atoms with E-state index in [0.29, 0.717) is 11.7 Å². The van der Waals surface area contributed by atoms with E-state index in [4.69, 9.17) is 15.7 Å². The summed E-state index contributed by atoms with van der Waals surface area (Å²) in [5.41, 5.74) is 11.4. The van der Waals surface area contributed by atoms with Crippen LogP contribution in [-0.2, 0) is 0 Å². The van der Waals surface area contributed by atoms with E-state index < -0.39 is 0 Å². The Morgan fingerprint density at radius 3 is 2.64 bits per heavy atom. The Labute approximate surface area is 168 Å². The molecule has 5 rings (SSSR count). The molecular formula is C22H23N5S. The molecular weight excluding hydrogens is 366 g/mol. The predicted molar refractivity (Wildman–Crippen MR) is 115 cm³/mol. The highest BCUT2D eigenvalue weighted by molar-refractivity contribution is 7.18. The lowest BCUT2D eigenvalue weighted by atomic mass is 9.87. The van der Waals surface area contributed by atoms with Crippen molar-refractivity contribution >= 4 is 22.8 Å². The van der Waals surface area contributed by atoms with Gasteiger partial charge in [0.2, 0.25) is 0 Å². The number of benzene rings is 1. The summed E-state index contributed by atoms with van der Waals surface area (Å²) < 4.78 is 1.75. The molecule has 0 atom stereocenters. The highest BCUT2D eigenvalue weighted by Crippen LogP contribution is 2.38. The zero-order valence-electron chi connectivity index (χ0n) is 15.9. The third kappa shape index (κ3) is 2.98. The summed E-state index contributed by atoms with van der Waals surface area (Å²) >= 11 is 1.69. The van der Waals surface area contributed by atoms with Gasteiger partial charge in [-0.15, -0.1) is 11.3 Å². The van der Waals surface area contributed by atoms with Crippen LogP contribution < -0.4 is 5.73 Å². The van der Waals surface area contributed by atoms with Crippen molar-refractivity contribution in [1.29, 1.82) is 0 Å². The Morgan fingerprint density at radius 1 is 1.07 bits per heavy atom.